The molecule has 3 radical (unpaired) electrons. The van der Waals surface area contributed by atoms with Gasteiger partial charge >= 0.3 is 5.97 Å². The molecular weight excluding hydrogens is 610 g/mol. The average molecular weight is 673 g/mol. The molecular formula is C30H62O2S3Sb-2. The van der Waals surface area contributed by atoms with E-state index in [4.69, 9.17) is 30.0 Å². The van der Waals surface area contributed by atoms with Crippen LogP contribution in [0.3, 0.4) is 0 Å². The van der Waals surface area contributed by atoms with Crippen LogP contribution in [-0.4, -0.2) is 54.3 Å². The maximum absolute atomic E-state index is 10.8. The molecule has 0 unspecified atom stereocenters. The molecule has 219 valence electrons. The van der Waals surface area contributed by atoms with E-state index in [-0.39, 0.29) is 36.2 Å². The van der Waals surface area contributed by atoms with E-state index >= 15 is 0 Å². The monoisotopic (exact) mass is 671 g/mol. The summed E-state index contributed by atoms with van der Waals surface area (Å²) in [5.74, 6) is 3.61. The van der Waals surface area contributed by atoms with Gasteiger partial charge in [-0.1, -0.05) is 144 Å². The second-order valence-corrected chi connectivity index (χ2v) is 11.6. The van der Waals surface area contributed by atoms with Crippen molar-refractivity contribution in [2.75, 3.05) is 23.9 Å². The number of carbonyl (C=O) groups excluding carboxylic acids is 1. The van der Waals surface area contributed by atoms with Crippen LogP contribution in [0.15, 0.2) is 0 Å². The molecule has 0 saturated heterocycles. The first-order valence-electron chi connectivity index (χ1n) is 14.8. The Labute approximate surface area is 262 Å². The molecule has 0 rings (SSSR count). The van der Waals surface area contributed by atoms with E-state index in [1.54, 1.807) is 0 Å². The normalized spacial score (nSPS) is 10.3. The number of unbranched alkanes of at least 4 members (excludes halogenated alkanes) is 13. The Kier molecular flexibility index (Phi) is 50.3. The van der Waals surface area contributed by atoms with Gasteiger partial charge in [-0.25, -0.2) is 0 Å². The van der Waals surface area contributed by atoms with Crippen LogP contribution in [0.2, 0.25) is 0 Å². The Balaban J connectivity index is -0.000000230. The van der Waals surface area contributed by atoms with Gasteiger partial charge in [0.15, 0.2) is 0 Å². The van der Waals surface area contributed by atoms with E-state index in [1.807, 2.05) is 0 Å². The minimum absolute atomic E-state index is 0. The molecule has 0 fully saturated rings. The zero-order chi connectivity index (χ0) is 27.0. The van der Waals surface area contributed by atoms with Gasteiger partial charge in [0.25, 0.3) is 0 Å². The summed E-state index contributed by atoms with van der Waals surface area (Å²) in [5, 5.41) is 0. The van der Waals surface area contributed by atoms with Crippen LogP contribution in [0.1, 0.15) is 150 Å². The second-order valence-electron chi connectivity index (χ2n) is 10.5. The maximum Gasteiger partial charge on any atom is 0.315 e. The van der Waals surface area contributed by atoms with Gasteiger partial charge < -0.3 is 30.0 Å². The average Bonchev–Trinajstić information content (AvgIpc) is 2.83. The summed E-state index contributed by atoms with van der Waals surface area (Å²) in [7, 11) is 0. The zero-order valence-corrected chi connectivity index (χ0v) is 29.8. The molecule has 0 saturated carbocycles. The quantitative estimate of drug-likeness (QED) is 0.0408. The maximum atomic E-state index is 10.8. The Morgan fingerprint density at radius 1 is 0.639 bits per heavy atom. The van der Waals surface area contributed by atoms with Crippen LogP contribution in [0, 0.1) is 11.8 Å². The fourth-order valence-corrected chi connectivity index (χ4v) is 3.98. The molecule has 2 nitrogen and oxygen atoms in total. The number of thiol groups is 1. The van der Waals surface area contributed by atoms with Gasteiger partial charge in [0.2, 0.25) is 0 Å². The molecule has 0 atom stereocenters. The summed E-state index contributed by atoms with van der Waals surface area (Å²) in [6, 6.07) is 0. The molecule has 0 aromatic heterocycles. The molecule has 0 spiro atoms. The van der Waals surface area contributed by atoms with Crippen molar-refractivity contribution in [2.45, 2.75) is 150 Å². The third kappa shape index (κ3) is 51.9. The minimum Gasteiger partial charge on any atom is -0.793 e. The van der Waals surface area contributed by atoms with E-state index in [9.17, 15) is 4.79 Å². The smallest absolute Gasteiger partial charge is 0.315 e. The van der Waals surface area contributed by atoms with Gasteiger partial charge in [-0.05, 0) is 18.3 Å². The summed E-state index contributed by atoms with van der Waals surface area (Å²) in [6.07, 6.45) is 23.6. The molecule has 6 heteroatoms. The first kappa shape index (κ1) is 44.4. The van der Waals surface area contributed by atoms with E-state index in [2.05, 4.69) is 47.2 Å². The van der Waals surface area contributed by atoms with E-state index in [1.165, 1.54) is 109 Å². The first-order chi connectivity index (χ1) is 16.8. The Bertz CT molecular complexity index is 367. The van der Waals surface area contributed by atoms with Crippen molar-refractivity contribution < 1.29 is 9.53 Å². The number of carbonyl (C=O) groups is 1. The molecule has 0 aliphatic carbocycles. The molecule has 36 heavy (non-hydrogen) atoms. The molecule has 0 aliphatic rings. The van der Waals surface area contributed by atoms with Crippen LogP contribution < -0.4 is 0 Å². The molecule has 0 heterocycles. The van der Waals surface area contributed by atoms with Crippen LogP contribution in [0.4, 0.5) is 0 Å². The predicted octanol–water partition coefficient (Wildman–Crippen LogP) is 9.50. The van der Waals surface area contributed by atoms with Gasteiger partial charge in [0.05, 0.1) is 12.4 Å². The van der Waals surface area contributed by atoms with Crippen molar-refractivity contribution in [3.8, 4) is 0 Å². The molecule has 0 aromatic carbocycles. The Hall–Kier alpha value is 1.34. The van der Waals surface area contributed by atoms with Crippen LogP contribution in [0.5, 0.6) is 0 Å². The summed E-state index contributed by atoms with van der Waals surface area (Å²) in [4.78, 5) is 10.8. The van der Waals surface area contributed by atoms with Gasteiger partial charge in [0.1, 0.15) is 0 Å². The van der Waals surface area contributed by atoms with E-state index in [0.29, 0.717) is 6.61 Å². The van der Waals surface area contributed by atoms with Crippen LogP contribution in [0.25, 0.3) is 0 Å². The van der Waals surface area contributed by atoms with Crippen LogP contribution >= 0.6 is 12.6 Å². The third-order valence-electron chi connectivity index (χ3n) is 5.74. The van der Waals surface area contributed by atoms with Crippen molar-refractivity contribution in [1.82, 2.24) is 0 Å². The van der Waals surface area contributed by atoms with Gasteiger partial charge in [-0.15, -0.1) is 0 Å². The van der Waals surface area contributed by atoms with Gasteiger partial charge in [0, 0.05) is 24.4 Å². The van der Waals surface area contributed by atoms with Crippen molar-refractivity contribution in [2.24, 2.45) is 11.8 Å². The standard InChI is InChI=1S/C14H28O2S.2C8H18S.Sb/c1-2-3-4-5-6-7-8-9-10-11-12-16-14(15)13-17;2*1-8(2)6-4-3-5-7-9;/h17H,2-13H2,1H3;2*8-9H,3-7H2,1-2H3;/p-2. The largest absolute Gasteiger partial charge is 0.793 e. The number of rotatable bonds is 22. The molecule has 0 bridgehead atoms. The number of esters is 1. The molecule has 0 N–H and O–H groups in total. The van der Waals surface area contributed by atoms with Gasteiger partial charge in [-0.3, -0.25) is 4.79 Å². The predicted molar refractivity (Wildman–Crippen MR) is 173 cm³/mol. The van der Waals surface area contributed by atoms with Crippen molar-refractivity contribution in [3.63, 3.8) is 0 Å². The summed E-state index contributed by atoms with van der Waals surface area (Å²) in [5.41, 5.74) is 0. The van der Waals surface area contributed by atoms with Crippen molar-refractivity contribution >= 4 is 68.3 Å². The molecule has 0 aromatic rings. The summed E-state index contributed by atoms with van der Waals surface area (Å²) in [6.45, 7) is 11.9. The third-order valence-corrected chi connectivity index (χ3v) is 6.58. The number of ether oxygens (including phenoxy) is 1. The Morgan fingerprint density at radius 3 is 1.33 bits per heavy atom. The minimum atomic E-state index is -0.204. The number of hydrogen-bond acceptors (Lipinski definition) is 5. The van der Waals surface area contributed by atoms with E-state index in [0.717, 1.165) is 29.8 Å². The van der Waals surface area contributed by atoms with Crippen LogP contribution in [-0.2, 0) is 34.8 Å². The first-order valence-corrected chi connectivity index (χ1v) is 16.6. The second kappa shape index (κ2) is 40.8. The topological polar surface area (TPSA) is 26.3 Å². The summed E-state index contributed by atoms with van der Waals surface area (Å²) >= 11 is 13.5. The Morgan fingerprint density at radius 2 is 1.00 bits per heavy atom. The fraction of sp³-hybridized carbons (Fsp3) is 0.967. The molecule has 0 aliphatic heterocycles. The van der Waals surface area contributed by atoms with E-state index < -0.39 is 0 Å². The zero-order valence-electron chi connectivity index (χ0n) is 24.7. The van der Waals surface area contributed by atoms with Crippen molar-refractivity contribution in [1.29, 1.82) is 0 Å². The fourth-order valence-electron chi connectivity index (χ4n) is 3.48. The summed E-state index contributed by atoms with van der Waals surface area (Å²) < 4.78 is 4.95. The van der Waals surface area contributed by atoms with Crippen molar-refractivity contribution in [3.05, 3.63) is 0 Å². The van der Waals surface area contributed by atoms with Gasteiger partial charge in [-0.2, -0.15) is 24.1 Å². The molecule has 0 amide bonds. The number of hydrogen-bond donors (Lipinski definition) is 1. The SMILES string of the molecule is CC(C)CCCCC[S-].CC(C)CCCCC[S-].CCCCCCCCCCCCOC(=O)CS.[Sb].